The molecular formula is C23H23N3O6S. The number of rotatable bonds is 9. The highest BCUT2D eigenvalue weighted by atomic mass is 32.1. The average Bonchev–Trinajstić information content (AvgIpc) is 3.33. The van der Waals surface area contributed by atoms with Crippen molar-refractivity contribution in [2.45, 2.75) is 12.8 Å². The van der Waals surface area contributed by atoms with E-state index in [9.17, 15) is 19.5 Å². The van der Waals surface area contributed by atoms with E-state index in [0.717, 1.165) is 0 Å². The number of phenols is 1. The van der Waals surface area contributed by atoms with Crippen LogP contribution in [-0.4, -0.2) is 37.0 Å². The lowest BCUT2D eigenvalue weighted by molar-refractivity contribution is -0.121. The summed E-state index contributed by atoms with van der Waals surface area (Å²) in [7, 11) is 2.88. The standard InChI is InChI=1S/C23H23N3O6S/c1-31-18-13-17(26-23(30)20-7-4-10-33-20)19(32-2)12-16(18)25-22(29)9-8-21(28)24-14-5-3-6-15(27)11-14/h3-7,10-13,27H,8-9H2,1-2H3,(H,24,28)(H,25,29)(H,26,30). The number of amides is 3. The van der Waals surface area contributed by atoms with Crippen molar-refractivity contribution in [3.63, 3.8) is 0 Å². The zero-order valence-electron chi connectivity index (χ0n) is 18.0. The second-order valence-corrected chi connectivity index (χ2v) is 7.78. The van der Waals surface area contributed by atoms with Gasteiger partial charge in [0.15, 0.2) is 0 Å². The van der Waals surface area contributed by atoms with Gasteiger partial charge in [-0.2, -0.15) is 0 Å². The van der Waals surface area contributed by atoms with Gasteiger partial charge in [0.25, 0.3) is 5.91 Å². The summed E-state index contributed by atoms with van der Waals surface area (Å²) in [4.78, 5) is 37.4. The van der Waals surface area contributed by atoms with E-state index in [1.54, 1.807) is 35.7 Å². The van der Waals surface area contributed by atoms with Crippen molar-refractivity contribution in [1.29, 1.82) is 0 Å². The molecule has 0 aliphatic heterocycles. The Hall–Kier alpha value is -4.05. The van der Waals surface area contributed by atoms with E-state index in [0.29, 0.717) is 33.4 Å². The maximum Gasteiger partial charge on any atom is 0.265 e. The van der Waals surface area contributed by atoms with Crippen LogP contribution in [-0.2, 0) is 9.59 Å². The first kappa shape index (κ1) is 23.6. The summed E-state index contributed by atoms with van der Waals surface area (Å²) in [6.07, 6.45) is -0.136. The number of ether oxygens (including phenoxy) is 2. The van der Waals surface area contributed by atoms with Crippen LogP contribution in [0.4, 0.5) is 17.1 Å². The maximum absolute atomic E-state index is 12.4. The van der Waals surface area contributed by atoms with Gasteiger partial charge < -0.3 is 30.5 Å². The van der Waals surface area contributed by atoms with Crippen molar-refractivity contribution in [3.05, 3.63) is 58.8 Å². The van der Waals surface area contributed by atoms with E-state index >= 15 is 0 Å². The number of thiophene rings is 1. The molecule has 0 saturated heterocycles. The molecular weight excluding hydrogens is 446 g/mol. The summed E-state index contributed by atoms with van der Waals surface area (Å²) < 4.78 is 10.7. The van der Waals surface area contributed by atoms with Crippen molar-refractivity contribution in [2.75, 3.05) is 30.2 Å². The number of phenolic OH excluding ortho intramolecular Hbond substituents is 1. The van der Waals surface area contributed by atoms with Crippen LogP contribution in [0.1, 0.15) is 22.5 Å². The van der Waals surface area contributed by atoms with Gasteiger partial charge in [0.05, 0.1) is 30.5 Å². The lowest BCUT2D eigenvalue weighted by atomic mass is 10.2. The first-order chi connectivity index (χ1) is 15.9. The van der Waals surface area contributed by atoms with Crippen LogP contribution in [0, 0.1) is 0 Å². The molecule has 1 aromatic heterocycles. The molecule has 3 rings (SSSR count). The normalized spacial score (nSPS) is 10.2. The molecule has 0 atom stereocenters. The molecule has 4 N–H and O–H groups in total. The fraction of sp³-hybridized carbons (Fsp3) is 0.174. The largest absolute Gasteiger partial charge is 0.508 e. The topological polar surface area (TPSA) is 126 Å². The molecule has 3 aromatic rings. The van der Waals surface area contributed by atoms with Crippen LogP contribution in [0.3, 0.4) is 0 Å². The van der Waals surface area contributed by atoms with E-state index in [1.165, 1.54) is 43.8 Å². The van der Waals surface area contributed by atoms with Gasteiger partial charge in [-0.25, -0.2) is 0 Å². The summed E-state index contributed by atoms with van der Waals surface area (Å²) in [5, 5.41) is 19.3. The van der Waals surface area contributed by atoms with E-state index < -0.39 is 5.91 Å². The van der Waals surface area contributed by atoms with Crippen LogP contribution in [0.2, 0.25) is 0 Å². The Bertz CT molecular complexity index is 1150. The highest BCUT2D eigenvalue weighted by molar-refractivity contribution is 7.12. The van der Waals surface area contributed by atoms with Crippen LogP contribution in [0.15, 0.2) is 53.9 Å². The molecule has 0 saturated carbocycles. The van der Waals surface area contributed by atoms with Crippen LogP contribution in [0.25, 0.3) is 0 Å². The van der Waals surface area contributed by atoms with Crippen molar-refractivity contribution >= 4 is 46.1 Å². The molecule has 3 amide bonds. The molecule has 9 nitrogen and oxygen atoms in total. The molecule has 172 valence electrons. The molecule has 0 aliphatic carbocycles. The predicted molar refractivity (Wildman–Crippen MR) is 126 cm³/mol. The van der Waals surface area contributed by atoms with E-state index in [-0.39, 0.29) is 30.4 Å². The summed E-state index contributed by atoms with van der Waals surface area (Å²) >= 11 is 1.31. The van der Waals surface area contributed by atoms with Crippen molar-refractivity contribution in [1.82, 2.24) is 0 Å². The second-order valence-electron chi connectivity index (χ2n) is 6.83. The number of benzene rings is 2. The van der Waals surface area contributed by atoms with Crippen molar-refractivity contribution < 1.29 is 29.0 Å². The number of methoxy groups -OCH3 is 2. The molecule has 2 aromatic carbocycles. The lowest BCUT2D eigenvalue weighted by Gasteiger charge is -2.16. The molecule has 0 bridgehead atoms. The third-order valence-electron chi connectivity index (χ3n) is 4.50. The van der Waals surface area contributed by atoms with E-state index in [4.69, 9.17) is 9.47 Å². The highest BCUT2D eigenvalue weighted by Gasteiger charge is 2.17. The third-order valence-corrected chi connectivity index (χ3v) is 5.37. The molecule has 0 unspecified atom stereocenters. The quantitative estimate of drug-likeness (QED) is 0.374. The van der Waals surface area contributed by atoms with Gasteiger partial charge in [-0.05, 0) is 23.6 Å². The Morgan fingerprint density at radius 2 is 1.48 bits per heavy atom. The van der Waals surface area contributed by atoms with Crippen LogP contribution < -0.4 is 25.4 Å². The first-order valence-electron chi connectivity index (χ1n) is 9.89. The SMILES string of the molecule is COc1cc(NC(=O)c2cccs2)c(OC)cc1NC(=O)CCC(=O)Nc1cccc(O)c1. The molecule has 1 heterocycles. The Morgan fingerprint density at radius 3 is 2.06 bits per heavy atom. The fourth-order valence-corrected chi connectivity index (χ4v) is 3.55. The first-order valence-corrected chi connectivity index (χ1v) is 10.8. The molecule has 0 radical (unpaired) electrons. The third kappa shape index (κ3) is 6.47. The smallest absolute Gasteiger partial charge is 0.265 e. The minimum absolute atomic E-state index is 0.0293. The molecule has 10 heteroatoms. The number of aromatic hydroxyl groups is 1. The Morgan fingerprint density at radius 1 is 0.848 bits per heavy atom. The monoisotopic (exact) mass is 469 g/mol. The van der Waals surface area contributed by atoms with Crippen molar-refractivity contribution in [3.8, 4) is 17.2 Å². The molecule has 0 aliphatic rings. The highest BCUT2D eigenvalue weighted by Crippen LogP contribution is 2.37. The van der Waals surface area contributed by atoms with Gasteiger partial charge >= 0.3 is 0 Å². The maximum atomic E-state index is 12.4. The zero-order valence-corrected chi connectivity index (χ0v) is 18.8. The minimum Gasteiger partial charge on any atom is -0.508 e. The molecule has 33 heavy (non-hydrogen) atoms. The number of carbonyl (C=O) groups excluding carboxylic acids is 3. The Labute approximate surface area is 194 Å². The molecule has 0 spiro atoms. The van der Waals surface area contributed by atoms with Gasteiger partial charge in [0.1, 0.15) is 17.2 Å². The van der Waals surface area contributed by atoms with Gasteiger partial charge in [0, 0.05) is 36.7 Å². The zero-order chi connectivity index (χ0) is 23.8. The Kier molecular flexibility index (Phi) is 7.87. The lowest BCUT2D eigenvalue weighted by Crippen LogP contribution is -2.18. The summed E-state index contributed by atoms with van der Waals surface area (Å²) in [6, 6.07) is 12.7. The van der Waals surface area contributed by atoms with E-state index in [2.05, 4.69) is 16.0 Å². The number of carbonyl (C=O) groups is 3. The van der Waals surface area contributed by atoms with Crippen LogP contribution >= 0.6 is 11.3 Å². The summed E-state index contributed by atoms with van der Waals surface area (Å²) in [5.74, 6) is -0.391. The average molecular weight is 470 g/mol. The fourth-order valence-electron chi connectivity index (χ4n) is 2.93. The minimum atomic E-state index is -0.406. The number of nitrogens with one attached hydrogen (secondary N) is 3. The Balaban J connectivity index is 1.63. The second kappa shape index (κ2) is 11.0. The summed E-state index contributed by atoms with van der Waals surface area (Å²) in [6.45, 7) is 0. The van der Waals surface area contributed by atoms with Gasteiger partial charge in [-0.1, -0.05) is 12.1 Å². The van der Waals surface area contributed by atoms with Gasteiger partial charge in [-0.15, -0.1) is 11.3 Å². The number of anilines is 3. The number of hydrogen-bond acceptors (Lipinski definition) is 7. The molecule has 0 fully saturated rings. The van der Waals surface area contributed by atoms with E-state index in [1.807, 2.05) is 0 Å². The predicted octanol–water partition coefficient (Wildman–Crippen LogP) is 4.08. The van der Waals surface area contributed by atoms with Gasteiger partial charge in [-0.3, -0.25) is 14.4 Å². The van der Waals surface area contributed by atoms with Crippen LogP contribution in [0.5, 0.6) is 17.2 Å². The summed E-state index contributed by atoms with van der Waals surface area (Å²) in [5.41, 5.74) is 1.16. The van der Waals surface area contributed by atoms with Crippen molar-refractivity contribution in [2.24, 2.45) is 0 Å². The van der Waals surface area contributed by atoms with Gasteiger partial charge in [0.2, 0.25) is 11.8 Å². The number of hydrogen-bond donors (Lipinski definition) is 4.